The van der Waals surface area contributed by atoms with Crippen LogP contribution in [-0.4, -0.2) is 91.5 Å². The Morgan fingerprint density at radius 1 is 1.08 bits per heavy atom. The second kappa shape index (κ2) is 11.1. The highest BCUT2D eigenvalue weighted by Crippen LogP contribution is 2.38. The van der Waals surface area contributed by atoms with Gasteiger partial charge in [0.15, 0.2) is 5.78 Å². The van der Waals surface area contributed by atoms with Crippen LogP contribution in [0.3, 0.4) is 0 Å². The molecule has 3 saturated heterocycles. The largest absolute Gasteiger partial charge is 0.369 e. The van der Waals surface area contributed by atoms with Gasteiger partial charge in [-0.05, 0) is 48.6 Å². The summed E-state index contributed by atoms with van der Waals surface area (Å²) in [4.78, 5) is 46.5. The van der Waals surface area contributed by atoms with E-state index in [1.807, 2.05) is 45.0 Å². The average molecular weight is 513 g/mol. The van der Waals surface area contributed by atoms with Gasteiger partial charge in [-0.3, -0.25) is 14.4 Å². The molecule has 0 saturated carbocycles. The van der Waals surface area contributed by atoms with E-state index >= 15 is 0 Å². The molecule has 0 spiro atoms. The second-order valence-corrected chi connectivity index (χ2v) is 11.8. The van der Waals surface area contributed by atoms with E-state index in [2.05, 4.69) is 35.9 Å². The number of anilines is 1. The van der Waals surface area contributed by atoms with Gasteiger partial charge in [0.2, 0.25) is 5.91 Å². The monoisotopic (exact) mass is 512 g/mol. The van der Waals surface area contributed by atoms with Crippen molar-refractivity contribution in [1.29, 1.82) is 0 Å². The van der Waals surface area contributed by atoms with Crippen LogP contribution in [0.1, 0.15) is 58.3 Å². The van der Waals surface area contributed by atoms with Crippen LogP contribution in [0.2, 0.25) is 0 Å². The molecular formula is C29H44N4O4. The number of carbonyl (C=O) groups is 3. The lowest BCUT2D eigenvalue weighted by molar-refractivity contribution is -0.140. The summed E-state index contributed by atoms with van der Waals surface area (Å²) in [6.07, 6.45) is 0.441. The topological polar surface area (TPSA) is 82.2 Å². The standard InChI is InChI=1S/C29H44N4O4/c1-7-29(5,6)26(28(36)33-17-22(19(3)4)25-24(33)23(34)18-37-25)30-27(35)20-9-11-21(12-10-20)32-15-13-31(8-2)14-16-32/h9-12,19,22,24-26H,7-8,13-18H2,1-6H3,(H,30,35)/t22-,24-,25-,26?/m1/s1. The van der Waals surface area contributed by atoms with Gasteiger partial charge in [0.25, 0.3) is 5.91 Å². The maximum atomic E-state index is 14.0. The van der Waals surface area contributed by atoms with Crippen LogP contribution in [0, 0.1) is 17.3 Å². The first kappa shape index (κ1) is 27.6. The molecule has 4 rings (SSSR count). The Bertz CT molecular complexity index is 984. The fraction of sp³-hybridized carbons (Fsp3) is 0.690. The van der Waals surface area contributed by atoms with E-state index in [1.54, 1.807) is 4.90 Å². The van der Waals surface area contributed by atoms with Gasteiger partial charge >= 0.3 is 0 Å². The summed E-state index contributed by atoms with van der Waals surface area (Å²) in [6.45, 7) is 18.0. The number of ether oxygens (including phenoxy) is 1. The third-order valence-corrected chi connectivity index (χ3v) is 8.89. The molecule has 0 aromatic heterocycles. The van der Waals surface area contributed by atoms with Gasteiger partial charge in [-0.1, -0.05) is 41.5 Å². The third-order valence-electron chi connectivity index (χ3n) is 8.89. The van der Waals surface area contributed by atoms with E-state index in [0.717, 1.165) is 38.4 Å². The molecule has 8 nitrogen and oxygen atoms in total. The van der Waals surface area contributed by atoms with Crippen LogP contribution in [0.5, 0.6) is 0 Å². The fourth-order valence-electron chi connectivity index (χ4n) is 5.83. The van der Waals surface area contributed by atoms with Crippen LogP contribution < -0.4 is 10.2 Å². The Hall–Kier alpha value is -2.45. The van der Waals surface area contributed by atoms with Crippen molar-refractivity contribution < 1.29 is 19.1 Å². The van der Waals surface area contributed by atoms with Crippen molar-refractivity contribution in [2.75, 3.05) is 50.8 Å². The van der Waals surface area contributed by atoms with Crippen molar-refractivity contribution in [2.45, 2.75) is 66.2 Å². The molecule has 0 aliphatic carbocycles. The lowest BCUT2D eigenvalue weighted by Gasteiger charge is -2.37. The van der Waals surface area contributed by atoms with Crippen molar-refractivity contribution >= 4 is 23.3 Å². The highest BCUT2D eigenvalue weighted by molar-refractivity contribution is 5.99. The molecule has 1 N–H and O–H groups in total. The molecule has 3 aliphatic heterocycles. The summed E-state index contributed by atoms with van der Waals surface area (Å²) < 4.78 is 5.82. The zero-order valence-electron chi connectivity index (χ0n) is 23.3. The van der Waals surface area contributed by atoms with Crippen molar-refractivity contribution in [3.05, 3.63) is 29.8 Å². The normalized spacial score (nSPS) is 25.5. The molecule has 204 valence electrons. The van der Waals surface area contributed by atoms with Gasteiger partial charge in [0.1, 0.15) is 18.7 Å². The summed E-state index contributed by atoms with van der Waals surface area (Å²) in [5.41, 5.74) is 1.15. The van der Waals surface area contributed by atoms with Gasteiger partial charge in [-0.25, -0.2) is 0 Å². The average Bonchev–Trinajstić information content (AvgIpc) is 3.47. The molecule has 1 aromatic rings. The molecular weight excluding hydrogens is 468 g/mol. The Kier molecular flexibility index (Phi) is 8.29. The van der Waals surface area contributed by atoms with Gasteiger partial charge < -0.3 is 24.8 Å². The van der Waals surface area contributed by atoms with Crippen LogP contribution in [-0.2, 0) is 14.3 Å². The van der Waals surface area contributed by atoms with Gasteiger partial charge in [0, 0.05) is 49.9 Å². The second-order valence-electron chi connectivity index (χ2n) is 11.8. The number of likely N-dealkylation sites (tertiary alicyclic amines) is 1. The first-order chi connectivity index (χ1) is 17.6. The number of Topliss-reactive ketones (excluding diaryl/α,β-unsaturated/α-hetero) is 1. The van der Waals surface area contributed by atoms with E-state index in [4.69, 9.17) is 4.74 Å². The number of benzene rings is 1. The van der Waals surface area contributed by atoms with E-state index in [9.17, 15) is 14.4 Å². The van der Waals surface area contributed by atoms with Gasteiger partial charge in [0.05, 0.1) is 6.10 Å². The SMILES string of the molecule is CCN1CCN(c2ccc(C(=O)NC(C(=O)N3C[C@H](C(C)C)[C@H]4OCC(=O)[C@H]43)C(C)(C)CC)cc2)CC1. The first-order valence-corrected chi connectivity index (χ1v) is 13.9. The minimum Gasteiger partial charge on any atom is -0.369 e. The maximum Gasteiger partial charge on any atom is 0.251 e. The van der Waals surface area contributed by atoms with Crippen molar-refractivity contribution in [3.8, 4) is 0 Å². The van der Waals surface area contributed by atoms with Gasteiger partial charge in [-0.15, -0.1) is 0 Å². The third kappa shape index (κ3) is 5.55. The summed E-state index contributed by atoms with van der Waals surface area (Å²) >= 11 is 0. The number of ketones is 1. The number of hydrogen-bond acceptors (Lipinski definition) is 6. The molecule has 3 aliphatic rings. The van der Waals surface area contributed by atoms with Crippen molar-refractivity contribution in [3.63, 3.8) is 0 Å². The number of nitrogens with one attached hydrogen (secondary N) is 1. The lowest BCUT2D eigenvalue weighted by Crippen LogP contribution is -2.57. The number of likely N-dealkylation sites (N-methyl/N-ethyl adjacent to an activating group) is 1. The first-order valence-electron chi connectivity index (χ1n) is 13.9. The minimum atomic E-state index is -0.744. The number of nitrogens with zero attached hydrogens (tertiary/aromatic N) is 3. The predicted molar refractivity (Wildman–Crippen MR) is 145 cm³/mol. The van der Waals surface area contributed by atoms with Gasteiger partial charge in [-0.2, -0.15) is 0 Å². The van der Waals surface area contributed by atoms with E-state index in [1.165, 1.54) is 0 Å². The smallest absolute Gasteiger partial charge is 0.251 e. The van der Waals surface area contributed by atoms with E-state index in [0.29, 0.717) is 18.5 Å². The maximum absolute atomic E-state index is 14.0. The molecule has 2 amide bonds. The Balaban J connectivity index is 1.50. The summed E-state index contributed by atoms with van der Waals surface area (Å²) in [7, 11) is 0. The Morgan fingerprint density at radius 2 is 1.73 bits per heavy atom. The number of carbonyl (C=O) groups excluding carboxylic acids is 3. The van der Waals surface area contributed by atoms with Crippen LogP contribution >= 0.6 is 0 Å². The number of amides is 2. The van der Waals surface area contributed by atoms with Crippen LogP contribution in [0.15, 0.2) is 24.3 Å². The molecule has 0 bridgehead atoms. The molecule has 3 fully saturated rings. The number of rotatable bonds is 8. The van der Waals surface area contributed by atoms with E-state index in [-0.39, 0.29) is 42.1 Å². The Morgan fingerprint density at radius 3 is 2.30 bits per heavy atom. The number of hydrogen-bond donors (Lipinski definition) is 1. The summed E-state index contributed by atoms with van der Waals surface area (Å²) in [5, 5.41) is 3.05. The molecule has 37 heavy (non-hydrogen) atoms. The predicted octanol–water partition coefficient (Wildman–Crippen LogP) is 2.81. The molecule has 1 unspecified atom stereocenters. The highest BCUT2D eigenvalue weighted by atomic mass is 16.5. The summed E-state index contributed by atoms with van der Waals surface area (Å²) in [5.74, 6) is -0.119. The molecule has 0 radical (unpaired) electrons. The van der Waals surface area contributed by atoms with Crippen molar-refractivity contribution in [1.82, 2.24) is 15.1 Å². The van der Waals surface area contributed by atoms with E-state index < -0.39 is 17.5 Å². The molecule has 8 heteroatoms. The molecule has 1 aromatic carbocycles. The highest BCUT2D eigenvalue weighted by Gasteiger charge is 2.54. The number of piperazine rings is 1. The minimum absolute atomic E-state index is 0.0451. The lowest BCUT2D eigenvalue weighted by atomic mass is 9.80. The molecule has 3 heterocycles. The summed E-state index contributed by atoms with van der Waals surface area (Å²) in [6, 6.07) is 6.36. The molecule has 4 atom stereocenters. The van der Waals surface area contributed by atoms with Crippen molar-refractivity contribution in [2.24, 2.45) is 17.3 Å². The zero-order valence-corrected chi connectivity index (χ0v) is 23.3. The van der Waals surface area contributed by atoms with Crippen LogP contribution in [0.4, 0.5) is 5.69 Å². The fourth-order valence-corrected chi connectivity index (χ4v) is 5.83. The number of fused-ring (bicyclic) bond motifs is 1. The Labute approximate surface area is 221 Å². The quantitative estimate of drug-likeness (QED) is 0.577. The van der Waals surface area contributed by atoms with Crippen LogP contribution in [0.25, 0.3) is 0 Å². The zero-order chi connectivity index (χ0) is 26.9.